The van der Waals surface area contributed by atoms with Crippen LogP contribution >= 0.6 is 0 Å². The zero-order valence-electron chi connectivity index (χ0n) is 20.6. The number of carbonyl (C=O) groups is 1. The Morgan fingerprint density at radius 3 is 1.59 bits per heavy atom. The van der Waals surface area contributed by atoms with E-state index in [4.69, 9.17) is 15.0 Å². The molecule has 0 spiro atoms. The first-order valence-electron chi connectivity index (χ1n) is 10.7. The van der Waals surface area contributed by atoms with E-state index in [0.29, 0.717) is 6.54 Å². The van der Waals surface area contributed by atoms with E-state index < -0.39 is 31.0 Å². The molecule has 4 atom stereocenters. The van der Waals surface area contributed by atoms with Crippen LogP contribution in [-0.2, 0) is 4.79 Å². The number of rotatable bonds is 9. The van der Waals surface area contributed by atoms with Gasteiger partial charge in [0, 0.05) is 12.8 Å². The van der Waals surface area contributed by atoms with E-state index in [1.54, 1.807) is 0 Å². The average Bonchev–Trinajstić information content (AvgIpc) is 2.79. The van der Waals surface area contributed by atoms with Gasteiger partial charge in [0.25, 0.3) is 0 Å². The van der Waals surface area contributed by atoms with Crippen LogP contribution in [0.5, 0.6) is 0 Å². The van der Waals surface area contributed by atoms with E-state index in [9.17, 15) is 15.3 Å². The summed E-state index contributed by atoms with van der Waals surface area (Å²) in [6.45, 7) is 18.4. The molecule has 0 aliphatic rings. The number of aliphatic imine (C=N–C) groups is 1. The number of carbonyl (C=O) groups excluding carboxylic acids is 1. The molecule has 0 heterocycles. The topological polar surface area (TPSA) is 143 Å². The molecule has 0 aliphatic heterocycles. The van der Waals surface area contributed by atoms with Crippen molar-refractivity contribution in [2.24, 2.45) is 4.99 Å². The molecule has 8 heteroatoms. The van der Waals surface area contributed by atoms with Gasteiger partial charge in [0.15, 0.2) is 0 Å². The second-order valence-electron chi connectivity index (χ2n) is 4.57. The summed E-state index contributed by atoms with van der Waals surface area (Å²) < 4.78 is 0. The zero-order chi connectivity index (χ0) is 24.7. The highest BCUT2D eigenvalue weighted by Gasteiger charge is 2.28. The summed E-state index contributed by atoms with van der Waals surface area (Å²) in [5, 5.41) is 48.6. The second kappa shape index (κ2) is 45.7. The highest BCUT2D eigenvalue weighted by atomic mass is 16.4. The lowest BCUT2D eigenvalue weighted by atomic mass is 10.0. The molecule has 0 bridgehead atoms. The third-order valence-corrected chi connectivity index (χ3v) is 2.53. The van der Waals surface area contributed by atoms with E-state index in [1.165, 1.54) is 6.92 Å². The van der Waals surface area contributed by atoms with Crippen molar-refractivity contribution >= 4 is 12.5 Å². The molecule has 0 rings (SSSR count). The highest BCUT2D eigenvalue weighted by molar-refractivity contribution is 5.63. The van der Waals surface area contributed by atoms with Gasteiger partial charge in [-0.2, -0.15) is 0 Å². The van der Waals surface area contributed by atoms with E-state index in [1.807, 2.05) is 55.5 Å². The predicted octanol–water partition coefficient (Wildman–Crippen LogP) is 1.80. The molecule has 4 unspecified atom stereocenters. The molecule has 0 aromatic rings. The summed E-state index contributed by atoms with van der Waals surface area (Å²) in [5.41, 5.74) is 0. The fraction of sp³-hybridized carbons (Fsp3) is 0.905. The van der Waals surface area contributed by atoms with Crippen LogP contribution in [0.1, 0.15) is 75.2 Å². The van der Waals surface area contributed by atoms with Gasteiger partial charge in [-0.15, -0.1) is 0 Å². The normalized spacial score (nSPS) is 12.9. The first-order chi connectivity index (χ1) is 13.9. The van der Waals surface area contributed by atoms with Gasteiger partial charge >= 0.3 is 0 Å². The van der Waals surface area contributed by atoms with Crippen molar-refractivity contribution in [3.05, 3.63) is 0 Å². The summed E-state index contributed by atoms with van der Waals surface area (Å²) >= 11 is 0. The van der Waals surface area contributed by atoms with Crippen molar-refractivity contribution in [1.29, 1.82) is 0 Å². The minimum atomic E-state index is -1.60. The summed E-state index contributed by atoms with van der Waals surface area (Å²) in [5.74, 6) is 0. The molecule has 29 heavy (non-hydrogen) atoms. The van der Waals surface area contributed by atoms with Crippen LogP contribution in [0.2, 0.25) is 0 Å². The Labute approximate surface area is 180 Å². The van der Waals surface area contributed by atoms with Crippen molar-refractivity contribution in [2.45, 2.75) is 99.6 Å². The smallest absolute Gasteiger partial charge is 0.117 e. The fourth-order valence-corrected chi connectivity index (χ4v) is 1.06. The number of nitrogens with one attached hydrogen (secondary N) is 1. The monoisotopic (exact) mass is 428 g/mol. The van der Waals surface area contributed by atoms with E-state index in [0.717, 1.165) is 31.9 Å². The summed E-state index contributed by atoms with van der Waals surface area (Å²) in [6.07, 6.45) is -2.26. The van der Waals surface area contributed by atoms with E-state index in [-0.39, 0.29) is 0 Å². The summed E-state index contributed by atoms with van der Waals surface area (Å²) in [6, 6.07) is 0. The number of nitrogens with zero attached hydrogens (tertiary/aromatic N) is 1. The lowest BCUT2D eigenvalue weighted by Crippen LogP contribution is -2.46. The maximum atomic E-state index is 9.38. The number of unbranched alkanes of at least 4 members (excludes halogenated alkanes) is 1. The fourth-order valence-electron chi connectivity index (χ4n) is 1.06. The largest absolute Gasteiger partial charge is 0.394 e. The van der Waals surface area contributed by atoms with Gasteiger partial charge in [-0.05, 0) is 26.9 Å². The molecule has 182 valence electrons. The van der Waals surface area contributed by atoms with Gasteiger partial charge < -0.3 is 35.6 Å². The van der Waals surface area contributed by atoms with Gasteiger partial charge in [0.1, 0.15) is 30.7 Å². The maximum Gasteiger partial charge on any atom is 0.117 e. The quantitative estimate of drug-likeness (QED) is 0.187. The molecule has 0 amide bonds. The minimum Gasteiger partial charge on any atom is -0.394 e. The Morgan fingerprint density at radius 1 is 0.931 bits per heavy atom. The molecule has 0 aromatic carbocycles. The number of aliphatic hydroxyl groups excluding tert-OH is 5. The number of hydrogen-bond donors (Lipinski definition) is 6. The zero-order valence-corrected chi connectivity index (χ0v) is 20.6. The molecular formula is C21H52N2O6. The van der Waals surface area contributed by atoms with Gasteiger partial charge in [-0.1, -0.05) is 61.8 Å². The molecule has 0 aliphatic carbocycles. The van der Waals surface area contributed by atoms with E-state index in [2.05, 4.69) is 17.2 Å². The van der Waals surface area contributed by atoms with Crippen molar-refractivity contribution in [1.82, 2.24) is 5.32 Å². The molecule has 0 radical (unpaired) electrons. The molecule has 0 aromatic heterocycles. The van der Waals surface area contributed by atoms with Gasteiger partial charge in [-0.25, -0.2) is 0 Å². The Kier molecular flexibility index (Phi) is 66.6. The first kappa shape index (κ1) is 42.3. The maximum absolute atomic E-state index is 9.38. The highest BCUT2D eigenvalue weighted by Crippen LogP contribution is 2.03. The lowest BCUT2D eigenvalue weighted by Gasteiger charge is -2.23. The molecule has 0 saturated carbocycles. The molecule has 8 nitrogen and oxygen atoms in total. The third-order valence-electron chi connectivity index (χ3n) is 2.53. The third kappa shape index (κ3) is 42.3. The van der Waals surface area contributed by atoms with Crippen LogP contribution in [0.25, 0.3) is 0 Å². The molecule has 0 saturated heterocycles. The van der Waals surface area contributed by atoms with Crippen LogP contribution in [-0.4, -0.2) is 89.2 Å². The molecule has 6 N–H and O–H groups in total. The Morgan fingerprint density at radius 2 is 1.31 bits per heavy atom. The Bertz CT molecular complexity index is 268. The first-order valence-corrected chi connectivity index (χ1v) is 10.7. The Balaban J connectivity index is -0.0000000841. The SMILES string of the molecule is CC.CC.CC.CC=O.CCCCN=CC(O)C(O)C(O)C(O)CO.CCNC. The van der Waals surface area contributed by atoms with Gasteiger partial charge in [0.05, 0.1) is 6.61 Å². The molecule has 0 fully saturated rings. The summed E-state index contributed by atoms with van der Waals surface area (Å²) in [4.78, 5) is 12.7. The van der Waals surface area contributed by atoms with Gasteiger partial charge in [-0.3, -0.25) is 4.99 Å². The average molecular weight is 429 g/mol. The van der Waals surface area contributed by atoms with Crippen molar-refractivity contribution in [3.63, 3.8) is 0 Å². The Hall–Kier alpha value is -0.900. The van der Waals surface area contributed by atoms with Crippen molar-refractivity contribution < 1.29 is 30.3 Å². The lowest BCUT2D eigenvalue weighted by molar-refractivity contribution is -0.106. The van der Waals surface area contributed by atoms with Crippen LogP contribution in [0.3, 0.4) is 0 Å². The van der Waals surface area contributed by atoms with Crippen LogP contribution < -0.4 is 5.32 Å². The summed E-state index contributed by atoms with van der Waals surface area (Å²) in [7, 11) is 1.93. The van der Waals surface area contributed by atoms with Crippen molar-refractivity contribution in [3.8, 4) is 0 Å². The minimum absolute atomic E-state index is 0.541. The molecular weight excluding hydrogens is 376 g/mol. The van der Waals surface area contributed by atoms with Crippen molar-refractivity contribution in [2.75, 3.05) is 26.7 Å². The number of aliphatic hydroxyl groups is 5. The van der Waals surface area contributed by atoms with E-state index >= 15 is 0 Å². The number of hydrogen-bond acceptors (Lipinski definition) is 8. The number of aldehydes is 1. The standard InChI is InChI=1S/C10H21NO5.C3H9N.C2H4O.3C2H6/c1-2-3-4-11-5-7(13)9(15)10(16)8(14)6-12;1-3-4-2;1-2-3;3*1-2/h5,7-10,12-16H,2-4,6H2,1H3;4H,3H2,1-2H3;2H,1H3;3*1-2H3. The second-order valence-corrected chi connectivity index (χ2v) is 4.57. The van der Waals surface area contributed by atoms with Crippen LogP contribution in [0.4, 0.5) is 0 Å². The van der Waals surface area contributed by atoms with Crippen LogP contribution in [0, 0.1) is 0 Å². The predicted molar refractivity (Wildman–Crippen MR) is 125 cm³/mol. The van der Waals surface area contributed by atoms with Gasteiger partial charge in [0.2, 0.25) is 0 Å². The van der Waals surface area contributed by atoms with Crippen LogP contribution in [0.15, 0.2) is 4.99 Å².